The summed E-state index contributed by atoms with van der Waals surface area (Å²) in [6.07, 6.45) is 4.68. The molecule has 1 unspecified atom stereocenters. The molecule has 0 spiro atoms. The summed E-state index contributed by atoms with van der Waals surface area (Å²) in [5, 5.41) is 32.2. The van der Waals surface area contributed by atoms with Crippen molar-refractivity contribution in [3.8, 4) is 12.1 Å². The number of non-ortho nitro benzene ring substituents is 1. The molecular formula is C27H25N5O3S. The van der Waals surface area contributed by atoms with Gasteiger partial charge >= 0.3 is 0 Å². The fourth-order valence-electron chi connectivity index (χ4n) is 5.69. The molecule has 1 aromatic carbocycles. The van der Waals surface area contributed by atoms with E-state index in [0.717, 1.165) is 31.2 Å². The van der Waals surface area contributed by atoms with Crippen LogP contribution in [0.4, 0.5) is 10.7 Å². The molecule has 36 heavy (non-hydrogen) atoms. The van der Waals surface area contributed by atoms with Crippen LogP contribution in [-0.2, 0) is 17.6 Å². The van der Waals surface area contributed by atoms with Crippen LogP contribution in [0.3, 0.4) is 0 Å². The highest BCUT2D eigenvalue weighted by Gasteiger charge is 2.45. The summed E-state index contributed by atoms with van der Waals surface area (Å²) < 4.78 is 0. The first-order chi connectivity index (χ1) is 17.2. The Morgan fingerprint density at radius 3 is 2.47 bits per heavy atom. The number of nitriles is 2. The number of ketones is 1. The van der Waals surface area contributed by atoms with Gasteiger partial charge in [0.05, 0.1) is 28.0 Å². The molecule has 0 saturated carbocycles. The van der Waals surface area contributed by atoms with Gasteiger partial charge in [-0.25, -0.2) is 0 Å². The van der Waals surface area contributed by atoms with E-state index in [1.54, 1.807) is 17.0 Å². The van der Waals surface area contributed by atoms with Gasteiger partial charge < -0.3 is 5.73 Å². The molecule has 3 aliphatic rings. The molecule has 1 atom stereocenters. The van der Waals surface area contributed by atoms with Gasteiger partial charge in [-0.1, -0.05) is 26.0 Å². The Bertz CT molecular complexity index is 1450. The number of benzene rings is 1. The van der Waals surface area contributed by atoms with Crippen molar-refractivity contribution in [2.75, 3.05) is 4.90 Å². The highest BCUT2D eigenvalue weighted by molar-refractivity contribution is 7.16. The monoisotopic (exact) mass is 499 g/mol. The SMILES string of the molecule is CC1(C)CC(=O)C2=C(C1)N(c1sc3c(c1C#N)CCCC3)C(N)=C(C#N)C2c1ccc([N+](=O)[O-])cc1. The topological polar surface area (TPSA) is 137 Å². The summed E-state index contributed by atoms with van der Waals surface area (Å²) >= 11 is 1.53. The van der Waals surface area contributed by atoms with E-state index in [9.17, 15) is 25.4 Å². The first kappa shape index (κ1) is 23.8. The standard InChI is InChI=1S/C27H25N5O3S/c1-27(2)11-20-24(21(33)12-27)23(15-7-9-16(10-8-15)32(34)35)19(14-29)25(30)31(20)26-18(13-28)17-5-3-4-6-22(17)36-26/h7-10,23H,3-6,11-12,30H2,1-2H3. The highest BCUT2D eigenvalue weighted by Crippen LogP contribution is 2.52. The molecule has 5 rings (SSSR count). The van der Waals surface area contributed by atoms with Gasteiger partial charge in [0.15, 0.2) is 5.78 Å². The number of rotatable bonds is 3. The van der Waals surface area contributed by atoms with Gasteiger partial charge in [-0.15, -0.1) is 11.3 Å². The molecule has 0 bridgehead atoms. The van der Waals surface area contributed by atoms with E-state index >= 15 is 0 Å². The van der Waals surface area contributed by atoms with Crippen LogP contribution in [0, 0.1) is 38.2 Å². The molecule has 2 aliphatic carbocycles. The fraction of sp³-hybridized carbons (Fsp3) is 0.370. The molecule has 0 radical (unpaired) electrons. The van der Waals surface area contributed by atoms with Crippen LogP contribution in [0.1, 0.15) is 67.0 Å². The van der Waals surface area contributed by atoms with Crippen molar-refractivity contribution in [2.24, 2.45) is 11.1 Å². The lowest BCUT2D eigenvalue weighted by Crippen LogP contribution is -2.42. The average Bonchev–Trinajstić information content (AvgIpc) is 3.20. The lowest BCUT2D eigenvalue weighted by molar-refractivity contribution is -0.384. The minimum Gasteiger partial charge on any atom is -0.384 e. The van der Waals surface area contributed by atoms with E-state index in [2.05, 4.69) is 12.1 Å². The largest absolute Gasteiger partial charge is 0.384 e. The number of thiophene rings is 1. The lowest BCUT2D eigenvalue weighted by Gasteiger charge is -2.43. The van der Waals surface area contributed by atoms with Crippen molar-refractivity contribution in [2.45, 2.75) is 58.3 Å². The first-order valence-corrected chi connectivity index (χ1v) is 12.7. The number of nitro groups is 1. The van der Waals surface area contributed by atoms with Crippen molar-refractivity contribution in [1.29, 1.82) is 10.5 Å². The molecule has 9 heteroatoms. The molecule has 2 aromatic rings. The number of nitro benzene ring substituents is 1. The smallest absolute Gasteiger partial charge is 0.269 e. The minimum absolute atomic E-state index is 0.0696. The number of fused-ring (bicyclic) bond motifs is 1. The van der Waals surface area contributed by atoms with Gasteiger partial charge in [-0.05, 0) is 48.6 Å². The molecule has 8 nitrogen and oxygen atoms in total. The normalized spacial score (nSPS) is 20.9. The van der Waals surface area contributed by atoms with Gasteiger partial charge in [-0.3, -0.25) is 19.8 Å². The Morgan fingerprint density at radius 2 is 1.83 bits per heavy atom. The maximum atomic E-state index is 13.7. The Balaban J connectivity index is 1.76. The Hall–Kier alpha value is -3.95. The molecule has 182 valence electrons. The third-order valence-corrected chi connectivity index (χ3v) is 8.56. The highest BCUT2D eigenvalue weighted by atomic mass is 32.1. The summed E-state index contributed by atoms with van der Waals surface area (Å²) in [5.74, 6) is -0.583. The second-order valence-electron chi connectivity index (χ2n) is 10.3. The zero-order valence-corrected chi connectivity index (χ0v) is 20.9. The van der Waals surface area contributed by atoms with Crippen LogP contribution in [0.15, 0.2) is 46.9 Å². The molecule has 2 heterocycles. The van der Waals surface area contributed by atoms with E-state index in [1.165, 1.54) is 28.3 Å². The molecule has 0 fully saturated rings. The van der Waals surface area contributed by atoms with Crippen LogP contribution in [0.2, 0.25) is 0 Å². The first-order valence-electron chi connectivity index (χ1n) is 11.9. The quantitative estimate of drug-likeness (QED) is 0.444. The lowest BCUT2D eigenvalue weighted by atomic mass is 9.68. The molecule has 0 amide bonds. The van der Waals surface area contributed by atoms with E-state index < -0.39 is 10.8 Å². The van der Waals surface area contributed by atoms with Crippen LogP contribution in [0.25, 0.3) is 0 Å². The number of carbonyl (C=O) groups excluding carboxylic acids is 1. The zero-order valence-electron chi connectivity index (χ0n) is 20.1. The summed E-state index contributed by atoms with van der Waals surface area (Å²) in [6, 6.07) is 10.5. The number of Topliss-reactive ketones (excluding diaryl/α,β-unsaturated/α-hetero) is 1. The third-order valence-electron chi connectivity index (χ3n) is 7.29. The Kier molecular flexibility index (Phi) is 5.69. The molecule has 1 aromatic heterocycles. The second kappa shape index (κ2) is 8.61. The number of nitrogens with zero attached hydrogens (tertiary/aromatic N) is 4. The number of nitrogens with two attached hydrogens (primary N) is 1. The van der Waals surface area contributed by atoms with Crippen LogP contribution in [0.5, 0.6) is 0 Å². The molecule has 1 aliphatic heterocycles. The van der Waals surface area contributed by atoms with E-state index in [4.69, 9.17) is 5.73 Å². The van der Waals surface area contributed by atoms with Crippen LogP contribution in [-0.4, -0.2) is 10.7 Å². The summed E-state index contributed by atoms with van der Waals surface area (Å²) in [5.41, 5.74) is 9.97. The number of hydrogen-bond donors (Lipinski definition) is 1. The minimum atomic E-state index is -0.717. The van der Waals surface area contributed by atoms with Gasteiger partial charge in [0.25, 0.3) is 5.69 Å². The summed E-state index contributed by atoms with van der Waals surface area (Å²) in [4.78, 5) is 27.3. The van der Waals surface area contributed by atoms with Gasteiger partial charge in [0, 0.05) is 34.7 Å². The number of allylic oxidation sites excluding steroid dienone is 3. The van der Waals surface area contributed by atoms with Gasteiger partial charge in [-0.2, -0.15) is 10.5 Å². The maximum Gasteiger partial charge on any atom is 0.269 e. The molecular weight excluding hydrogens is 474 g/mol. The molecule has 2 N–H and O–H groups in total. The number of anilines is 1. The number of aryl methyl sites for hydroxylation is 1. The number of carbonyl (C=O) groups is 1. The third kappa shape index (κ3) is 3.68. The van der Waals surface area contributed by atoms with Crippen molar-refractivity contribution < 1.29 is 9.72 Å². The van der Waals surface area contributed by atoms with Gasteiger partial charge in [0.1, 0.15) is 16.9 Å². The van der Waals surface area contributed by atoms with Crippen molar-refractivity contribution in [3.63, 3.8) is 0 Å². The second-order valence-corrected chi connectivity index (χ2v) is 11.4. The Labute approximate surface area is 213 Å². The van der Waals surface area contributed by atoms with E-state index in [1.807, 2.05) is 13.8 Å². The van der Waals surface area contributed by atoms with E-state index in [-0.39, 0.29) is 28.3 Å². The van der Waals surface area contributed by atoms with Crippen LogP contribution >= 0.6 is 11.3 Å². The van der Waals surface area contributed by atoms with Crippen molar-refractivity contribution in [1.82, 2.24) is 0 Å². The van der Waals surface area contributed by atoms with Crippen molar-refractivity contribution >= 4 is 27.8 Å². The predicted molar refractivity (Wildman–Crippen MR) is 136 cm³/mol. The van der Waals surface area contributed by atoms with Crippen LogP contribution < -0.4 is 10.6 Å². The predicted octanol–water partition coefficient (Wildman–Crippen LogP) is 5.35. The van der Waals surface area contributed by atoms with Crippen molar-refractivity contribution in [3.05, 3.63) is 78.6 Å². The number of hydrogen-bond acceptors (Lipinski definition) is 8. The maximum absolute atomic E-state index is 13.7. The van der Waals surface area contributed by atoms with Gasteiger partial charge in [0.2, 0.25) is 0 Å². The van der Waals surface area contributed by atoms with E-state index in [0.29, 0.717) is 40.2 Å². The molecule has 0 saturated heterocycles. The fourth-order valence-corrected chi connectivity index (χ4v) is 7.06. The zero-order chi connectivity index (χ0) is 25.8. The Morgan fingerprint density at radius 1 is 1.14 bits per heavy atom. The average molecular weight is 500 g/mol. The summed E-state index contributed by atoms with van der Waals surface area (Å²) in [7, 11) is 0. The summed E-state index contributed by atoms with van der Waals surface area (Å²) in [6.45, 7) is 4.05.